The maximum absolute atomic E-state index is 11.9. The molecule has 118 valence electrons. The van der Waals surface area contributed by atoms with Crippen molar-refractivity contribution >= 4 is 45.9 Å². The number of hydrogen-bond donors (Lipinski definition) is 1. The summed E-state index contributed by atoms with van der Waals surface area (Å²) in [6, 6.07) is 10.0. The van der Waals surface area contributed by atoms with Crippen molar-refractivity contribution in [2.45, 2.75) is 15.7 Å². The average Bonchev–Trinajstić information content (AvgIpc) is 2.96. The maximum atomic E-state index is 11.9. The molecule has 0 bridgehead atoms. The highest BCUT2D eigenvalue weighted by Gasteiger charge is 2.08. The monoisotopic (exact) mass is 355 g/mol. The second-order valence-corrected chi connectivity index (χ2v) is 7.66. The van der Waals surface area contributed by atoms with Crippen molar-refractivity contribution in [2.24, 2.45) is 0 Å². The number of anilines is 1. The second-order valence-electron chi connectivity index (χ2n) is 4.17. The maximum Gasteiger partial charge on any atom is 0.227 e. The van der Waals surface area contributed by atoms with Crippen LogP contribution in [-0.2, 0) is 9.53 Å². The van der Waals surface area contributed by atoms with E-state index >= 15 is 0 Å². The molecule has 0 aliphatic heterocycles. The van der Waals surface area contributed by atoms with Gasteiger partial charge in [0.2, 0.25) is 11.0 Å². The molecule has 1 aromatic heterocycles. The van der Waals surface area contributed by atoms with Gasteiger partial charge in [-0.05, 0) is 12.1 Å². The second kappa shape index (κ2) is 9.83. The zero-order chi connectivity index (χ0) is 15.6. The van der Waals surface area contributed by atoms with Crippen molar-refractivity contribution in [3.8, 4) is 0 Å². The standard InChI is InChI=1S/C14H17N3O2S3/c1-19-8-10-21-14-17-16-13(22-14)15-12(18)7-9-20-11-5-3-2-4-6-11/h2-6H,7-10H2,1H3,(H,15,16,18). The van der Waals surface area contributed by atoms with Crippen molar-refractivity contribution in [3.05, 3.63) is 30.3 Å². The number of ether oxygens (including phenoxy) is 1. The molecule has 0 aliphatic carbocycles. The van der Waals surface area contributed by atoms with E-state index in [1.165, 1.54) is 16.2 Å². The lowest BCUT2D eigenvalue weighted by Crippen LogP contribution is -2.11. The molecule has 0 saturated heterocycles. The van der Waals surface area contributed by atoms with E-state index in [-0.39, 0.29) is 5.91 Å². The normalized spacial score (nSPS) is 10.6. The summed E-state index contributed by atoms with van der Waals surface area (Å²) >= 11 is 4.63. The van der Waals surface area contributed by atoms with Crippen LogP contribution in [0.1, 0.15) is 6.42 Å². The Morgan fingerprint density at radius 1 is 1.23 bits per heavy atom. The third-order valence-corrected chi connectivity index (χ3v) is 5.46. The van der Waals surface area contributed by atoms with Gasteiger partial charge in [-0.15, -0.1) is 22.0 Å². The summed E-state index contributed by atoms with van der Waals surface area (Å²) in [5.74, 6) is 1.53. The van der Waals surface area contributed by atoms with Crippen LogP contribution in [0, 0.1) is 0 Å². The minimum Gasteiger partial charge on any atom is -0.384 e. The van der Waals surface area contributed by atoms with Crippen LogP contribution in [0.2, 0.25) is 0 Å². The van der Waals surface area contributed by atoms with Crippen molar-refractivity contribution in [1.29, 1.82) is 0 Å². The number of aromatic nitrogens is 2. The summed E-state index contributed by atoms with van der Waals surface area (Å²) in [7, 11) is 1.67. The van der Waals surface area contributed by atoms with Crippen LogP contribution >= 0.6 is 34.9 Å². The topological polar surface area (TPSA) is 64.1 Å². The molecule has 0 spiro atoms. The van der Waals surface area contributed by atoms with Crippen LogP contribution in [0.25, 0.3) is 0 Å². The predicted octanol–water partition coefficient (Wildman–Crippen LogP) is 3.40. The highest BCUT2D eigenvalue weighted by atomic mass is 32.2. The lowest BCUT2D eigenvalue weighted by molar-refractivity contribution is -0.115. The zero-order valence-corrected chi connectivity index (χ0v) is 14.6. The molecule has 22 heavy (non-hydrogen) atoms. The quantitative estimate of drug-likeness (QED) is 0.422. The first-order valence-corrected chi connectivity index (χ1v) is 9.49. The van der Waals surface area contributed by atoms with Crippen LogP contribution in [0.15, 0.2) is 39.6 Å². The van der Waals surface area contributed by atoms with Crippen LogP contribution in [0.5, 0.6) is 0 Å². The van der Waals surface area contributed by atoms with Crippen molar-refractivity contribution in [2.75, 3.05) is 30.5 Å². The van der Waals surface area contributed by atoms with Crippen molar-refractivity contribution < 1.29 is 9.53 Å². The van der Waals surface area contributed by atoms with E-state index in [0.717, 1.165) is 15.8 Å². The first kappa shape index (κ1) is 17.3. The molecule has 0 radical (unpaired) electrons. The van der Waals surface area contributed by atoms with E-state index in [2.05, 4.69) is 15.5 Å². The van der Waals surface area contributed by atoms with Gasteiger partial charge < -0.3 is 10.1 Å². The molecule has 1 heterocycles. The molecule has 1 amide bonds. The molecule has 0 unspecified atom stereocenters. The van der Waals surface area contributed by atoms with Crippen LogP contribution in [-0.4, -0.2) is 41.3 Å². The fraction of sp³-hybridized carbons (Fsp3) is 0.357. The Kier molecular flexibility index (Phi) is 7.72. The molecule has 0 atom stereocenters. The number of hydrogen-bond acceptors (Lipinski definition) is 7. The molecular formula is C14H17N3O2S3. The Bertz CT molecular complexity index is 578. The SMILES string of the molecule is COCCSc1nnc(NC(=O)CCSc2ccccc2)s1. The molecule has 2 aromatic rings. The molecule has 0 aliphatic rings. The summed E-state index contributed by atoms with van der Waals surface area (Å²) in [5, 5.41) is 11.3. The van der Waals surface area contributed by atoms with Crippen LogP contribution in [0.4, 0.5) is 5.13 Å². The molecule has 8 heteroatoms. The van der Waals surface area contributed by atoms with Crippen molar-refractivity contribution in [3.63, 3.8) is 0 Å². The highest BCUT2D eigenvalue weighted by Crippen LogP contribution is 2.25. The lowest BCUT2D eigenvalue weighted by Gasteiger charge is -2.01. The number of benzene rings is 1. The largest absolute Gasteiger partial charge is 0.384 e. The molecule has 2 rings (SSSR count). The fourth-order valence-electron chi connectivity index (χ4n) is 1.49. The molecule has 0 fully saturated rings. The van der Waals surface area contributed by atoms with E-state index < -0.39 is 0 Å². The van der Waals surface area contributed by atoms with Gasteiger partial charge >= 0.3 is 0 Å². The van der Waals surface area contributed by atoms with Gasteiger partial charge in [0.15, 0.2) is 4.34 Å². The van der Waals surface area contributed by atoms with Crippen LogP contribution < -0.4 is 5.32 Å². The lowest BCUT2D eigenvalue weighted by atomic mass is 10.4. The van der Waals surface area contributed by atoms with E-state index in [9.17, 15) is 4.79 Å². The number of nitrogens with zero attached hydrogens (tertiary/aromatic N) is 2. The van der Waals surface area contributed by atoms with Gasteiger partial charge in [0.25, 0.3) is 0 Å². The zero-order valence-electron chi connectivity index (χ0n) is 12.2. The Morgan fingerprint density at radius 2 is 2.05 bits per heavy atom. The number of carbonyl (C=O) groups excluding carboxylic acids is 1. The number of nitrogens with one attached hydrogen (secondary N) is 1. The molecule has 0 saturated carbocycles. The predicted molar refractivity (Wildman–Crippen MR) is 92.9 cm³/mol. The minimum absolute atomic E-state index is 0.0342. The molecule has 5 nitrogen and oxygen atoms in total. The smallest absolute Gasteiger partial charge is 0.227 e. The number of rotatable bonds is 9. The Labute approximate surface area is 142 Å². The third-order valence-electron chi connectivity index (χ3n) is 2.51. The number of carbonyl (C=O) groups is 1. The first-order chi connectivity index (χ1) is 10.8. The fourth-order valence-corrected chi connectivity index (χ4v) is 4.10. The van der Waals surface area contributed by atoms with Gasteiger partial charge in [0, 0.05) is 29.9 Å². The van der Waals surface area contributed by atoms with E-state index in [4.69, 9.17) is 4.74 Å². The first-order valence-electron chi connectivity index (χ1n) is 6.71. The minimum atomic E-state index is -0.0342. The van der Waals surface area contributed by atoms with Gasteiger partial charge in [-0.2, -0.15) is 0 Å². The van der Waals surface area contributed by atoms with E-state index in [1.54, 1.807) is 30.6 Å². The summed E-state index contributed by atoms with van der Waals surface area (Å²) in [4.78, 5) is 13.0. The molecular weight excluding hydrogens is 338 g/mol. The van der Waals surface area contributed by atoms with Gasteiger partial charge in [-0.25, -0.2) is 0 Å². The highest BCUT2D eigenvalue weighted by molar-refractivity contribution is 8.01. The van der Waals surface area contributed by atoms with Crippen molar-refractivity contribution in [1.82, 2.24) is 10.2 Å². The summed E-state index contributed by atoms with van der Waals surface area (Å²) in [6.45, 7) is 0.669. The van der Waals surface area contributed by atoms with Gasteiger partial charge in [-0.3, -0.25) is 4.79 Å². The Morgan fingerprint density at radius 3 is 2.82 bits per heavy atom. The summed E-state index contributed by atoms with van der Waals surface area (Å²) in [5.41, 5.74) is 0. The molecule has 1 N–H and O–H groups in total. The van der Waals surface area contributed by atoms with E-state index in [1.807, 2.05) is 30.3 Å². The van der Waals surface area contributed by atoms with Gasteiger partial charge in [0.1, 0.15) is 0 Å². The Balaban J connectivity index is 1.68. The summed E-state index contributed by atoms with van der Waals surface area (Å²) < 4.78 is 5.82. The van der Waals surface area contributed by atoms with Crippen LogP contribution in [0.3, 0.4) is 0 Å². The van der Waals surface area contributed by atoms with Gasteiger partial charge in [0.05, 0.1) is 6.61 Å². The number of methoxy groups -OCH3 is 1. The number of amides is 1. The third kappa shape index (κ3) is 6.35. The summed E-state index contributed by atoms with van der Waals surface area (Å²) in [6.07, 6.45) is 0.450. The Hall–Kier alpha value is -1.09. The van der Waals surface area contributed by atoms with E-state index in [0.29, 0.717) is 18.2 Å². The number of thioether (sulfide) groups is 2. The molecule has 1 aromatic carbocycles. The average molecular weight is 356 g/mol. The van der Waals surface area contributed by atoms with Gasteiger partial charge in [-0.1, -0.05) is 41.3 Å².